The number of carbonyl (C=O) groups excluding carboxylic acids is 1. The molecule has 0 saturated carbocycles. The third kappa shape index (κ3) is 3.04. The average Bonchev–Trinajstić information content (AvgIpc) is 2.75. The van der Waals surface area contributed by atoms with Crippen LogP contribution < -0.4 is 10.6 Å². The van der Waals surface area contributed by atoms with Crippen LogP contribution in [-0.4, -0.2) is 39.7 Å². The van der Waals surface area contributed by atoms with Crippen LogP contribution in [0.3, 0.4) is 0 Å². The van der Waals surface area contributed by atoms with Crippen LogP contribution >= 0.6 is 0 Å². The van der Waals surface area contributed by atoms with Gasteiger partial charge in [-0.05, 0) is 13.3 Å². The van der Waals surface area contributed by atoms with Crippen molar-refractivity contribution in [2.24, 2.45) is 0 Å². The highest BCUT2D eigenvalue weighted by Gasteiger charge is 2.25. The highest BCUT2D eigenvalue weighted by Crippen LogP contribution is 2.11. The molecule has 2 unspecified atom stereocenters. The Morgan fingerprint density at radius 2 is 2.59 bits per heavy atom. The number of aliphatic hydroxyl groups excluding tert-OH is 1. The number of hydrogen-bond donors (Lipinski definition) is 4. The lowest BCUT2D eigenvalue weighted by Gasteiger charge is -2.22. The summed E-state index contributed by atoms with van der Waals surface area (Å²) in [4.78, 5) is 19.0. The van der Waals surface area contributed by atoms with Crippen LogP contribution in [0, 0.1) is 0 Å². The molecule has 1 aliphatic heterocycles. The van der Waals surface area contributed by atoms with Gasteiger partial charge >= 0.3 is 0 Å². The maximum Gasteiger partial charge on any atom is 0.237 e. The van der Waals surface area contributed by atoms with Crippen molar-refractivity contribution in [2.45, 2.75) is 38.5 Å². The second-order valence-electron chi connectivity index (χ2n) is 4.39. The SMILES string of the molecule is CC(O)CCNC(=O)C1Cc2nc[nH]c2CN1. The Bertz CT molecular complexity index is 389. The maximum atomic E-state index is 11.8. The van der Waals surface area contributed by atoms with Gasteiger partial charge in [0.2, 0.25) is 5.91 Å². The van der Waals surface area contributed by atoms with Crippen LogP contribution in [0.4, 0.5) is 0 Å². The molecule has 1 aliphatic rings. The summed E-state index contributed by atoms with van der Waals surface area (Å²) in [5, 5.41) is 15.1. The minimum atomic E-state index is -0.382. The summed E-state index contributed by atoms with van der Waals surface area (Å²) >= 11 is 0. The van der Waals surface area contributed by atoms with Crippen molar-refractivity contribution < 1.29 is 9.90 Å². The Kier molecular flexibility index (Phi) is 3.75. The number of nitrogens with one attached hydrogen (secondary N) is 3. The predicted molar refractivity (Wildman–Crippen MR) is 62.2 cm³/mol. The van der Waals surface area contributed by atoms with Crippen molar-refractivity contribution in [3.63, 3.8) is 0 Å². The number of fused-ring (bicyclic) bond motifs is 1. The number of rotatable bonds is 4. The van der Waals surface area contributed by atoms with E-state index in [1.807, 2.05) is 0 Å². The fourth-order valence-electron chi connectivity index (χ4n) is 1.88. The Morgan fingerprint density at radius 1 is 1.76 bits per heavy atom. The zero-order valence-electron chi connectivity index (χ0n) is 9.86. The molecule has 1 amide bonds. The molecule has 1 aromatic rings. The molecule has 0 spiro atoms. The normalized spacial score (nSPS) is 20.7. The Balaban J connectivity index is 1.82. The van der Waals surface area contributed by atoms with Gasteiger partial charge in [0.05, 0.1) is 29.9 Å². The van der Waals surface area contributed by atoms with Crippen LogP contribution in [0.5, 0.6) is 0 Å². The minimum absolute atomic E-state index is 0.0284. The van der Waals surface area contributed by atoms with E-state index in [0.717, 1.165) is 11.4 Å². The molecule has 0 fully saturated rings. The summed E-state index contributed by atoms with van der Waals surface area (Å²) < 4.78 is 0. The molecule has 0 saturated heterocycles. The van der Waals surface area contributed by atoms with Crippen LogP contribution in [0.1, 0.15) is 24.7 Å². The van der Waals surface area contributed by atoms with Crippen LogP contribution in [0.2, 0.25) is 0 Å². The van der Waals surface area contributed by atoms with Gasteiger partial charge in [-0.1, -0.05) is 0 Å². The van der Waals surface area contributed by atoms with E-state index in [-0.39, 0.29) is 18.1 Å². The van der Waals surface area contributed by atoms with Gasteiger partial charge in [-0.15, -0.1) is 0 Å². The predicted octanol–water partition coefficient (Wildman–Crippen LogP) is -0.689. The molecule has 1 aromatic heterocycles. The Morgan fingerprint density at radius 3 is 3.35 bits per heavy atom. The van der Waals surface area contributed by atoms with Crippen LogP contribution in [-0.2, 0) is 17.8 Å². The molecule has 94 valence electrons. The highest BCUT2D eigenvalue weighted by molar-refractivity contribution is 5.82. The third-order valence-corrected chi connectivity index (χ3v) is 2.91. The van der Waals surface area contributed by atoms with Crippen molar-refractivity contribution >= 4 is 5.91 Å². The Hall–Kier alpha value is -1.40. The number of nitrogens with zero attached hydrogens (tertiary/aromatic N) is 1. The largest absolute Gasteiger partial charge is 0.393 e. The quantitative estimate of drug-likeness (QED) is 0.559. The van der Waals surface area contributed by atoms with Crippen molar-refractivity contribution in [1.82, 2.24) is 20.6 Å². The number of aromatic amines is 1. The zero-order chi connectivity index (χ0) is 12.3. The number of aliphatic hydroxyl groups is 1. The monoisotopic (exact) mass is 238 g/mol. The molecule has 0 aromatic carbocycles. The molecule has 6 heteroatoms. The van der Waals surface area contributed by atoms with Gasteiger partial charge in [-0.25, -0.2) is 4.98 Å². The third-order valence-electron chi connectivity index (χ3n) is 2.91. The smallest absolute Gasteiger partial charge is 0.237 e. The summed E-state index contributed by atoms with van der Waals surface area (Å²) in [5.74, 6) is -0.0284. The zero-order valence-corrected chi connectivity index (χ0v) is 9.86. The van der Waals surface area contributed by atoms with Gasteiger partial charge in [0.25, 0.3) is 0 Å². The summed E-state index contributed by atoms with van der Waals surface area (Å²) in [6.07, 6.45) is 2.46. The van der Waals surface area contributed by atoms with Crippen molar-refractivity contribution in [3.05, 3.63) is 17.7 Å². The molecule has 0 bridgehead atoms. The van der Waals surface area contributed by atoms with E-state index < -0.39 is 0 Å². The number of imidazole rings is 1. The van der Waals surface area contributed by atoms with Gasteiger partial charge in [-0.3, -0.25) is 10.1 Å². The summed E-state index contributed by atoms with van der Waals surface area (Å²) in [5.41, 5.74) is 2.01. The number of amides is 1. The lowest BCUT2D eigenvalue weighted by atomic mass is 10.0. The topological polar surface area (TPSA) is 90.0 Å². The Labute approximate surface area is 99.8 Å². The lowest BCUT2D eigenvalue weighted by molar-refractivity contribution is -0.123. The van der Waals surface area contributed by atoms with E-state index in [9.17, 15) is 4.79 Å². The fourth-order valence-corrected chi connectivity index (χ4v) is 1.88. The average molecular weight is 238 g/mol. The minimum Gasteiger partial charge on any atom is -0.393 e. The molecule has 0 radical (unpaired) electrons. The number of aromatic nitrogens is 2. The van der Waals surface area contributed by atoms with Crippen molar-refractivity contribution in [2.75, 3.05) is 6.54 Å². The van der Waals surface area contributed by atoms with Crippen LogP contribution in [0.25, 0.3) is 0 Å². The molecular formula is C11H18N4O2. The first-order valence-electron chi connectivity index (χ1n) is 5.87. The summed E-state index contributed by atoms with van der Waals surface area (Å²) in [6, 6.07) is -0.222. The number of hydrogen-bond acceptors (Lipinski definition) is 4. The second-order valence-corrected chi connectivity index (χ2v) is 4.39. The maximum absolute atomic E-state index is 11.8. The van der Waals surface area contributed by atoms with Crippen molar-refractivity contribution in [3.8, 4) is 0 Å². The van der Waals surface area contributed by atoms with Gasteiger partial charge in [0.15, 0.2) is 0 Å². The molecule has 2 heterocycles. The van der Waals surface area contributed by atoms with Gasteiger partial charge in [0.1, 0.15) is 0 Å². The second kappa shape index (κ2) is 5.29. The van der Waals surface area contributed by atoms with E-state index in [1.54, 1.807) is 13.3 Å². The summed E-state index contributed by atoms with van der Waals surface area (Å²) in [6.45, 7) is 2.85. The molecule has 4 N–H and O–H groups in total. The summed E-state index contributed by atoms with van der Waals surface area (Å²) in [7, 11) is 0. The standard InChI is InChI=1S/C11H18N4O2/c1-7(16)2-3-12-11(17)9-4-8-10(5-13-9)15-6-14-8/h6-7,9,13,16H,2-5H2,1H3,(H,12,17)(H,14,15). The number of carbonyl (C=O) groups is 1. The lowest BCUT2D eigenvalue weighted by Crippen LogP contribution is -2.48. The molecule has 2 atom stereocenters. The highest BCUT2D eigenvalue weighted by atomic mass is 16.3. The van der Waals surface area contributed by atoms with E-state index in [0.29, 0.717) is 25.9 Å². The first kappa shape index (κ1) is 12.1. The number of H-pyrrole nitrogens is 1. The van der Waals surface area contributed by atoms with E-state index in [2.05, 4.69) is 20.6 Å². The van der Waals surface area contributed by atoms with Gasteiger partial charge < -0.3 is 15.4 Å². The first-order chi connectivity index (χ1) is 8.16. The van der Waals surface area contributed by atoms with Crippen LogP contribution in [0.15, 0.2) is 6.33 Å². The van der Waals surface area contributed by atoms with Gasteiger partial charge in [0, 0.05) is 19.5 Å². The fraction of sp³-hybridized carbons (Fsp3) is 0.636. The first-order valence-corrected chi connectivity index (χ1v) is 5.87. The van der Waals surface area contributed by atoms with E-state index in [1.165, 1.54) is 0 Å². The molecule has 2 rings (SSSR count). The van der Waals surface area contributed by atoms with Gasteiger partial charge in [-0.2, -0.15) is 0 Å². The molecule has 17 heavy (non-hydrogen) atoms. The van der Waals surface area contributed by atoms with E-state index >= 15 is 0 Å². The van der Waals surface area contributed by atoms with E-state index in [4.69, 9.17) is 5.11 Å². The molecular weight excluding hydrogens is 220 g/mol. The molecule has 6 nitrogen and oxygen atoms in total. The molecule has 0 aliphatic carbocycles. The van der Waals surface area contributed by atoms with Crippen molar-refractivity contribution in [1.29, 1.82) is 0 Å².